The molecule has 0 aliphatic carbocycles. The van der Waals surface area contributed by atoms with E-state index in [1.807, 2.05) is 13.8 Å². The number of benzene rings is 1. The molecule has 0 amide bonds. The number of oxime groups is 1. The molecule has 0 aliphatic heterocycles. The minimum Gasteiger partial charge on any atom is -0.469 e. The number of halogens is 3. The standard InChI is InChI=1S/C20H23F3N6O2/c1-13(2)27-28-18(26-24)12-30-19-9-6-16(10-25-19)14(3)29-31-11-15-4-7-17(8-5-15)20(21,22)23/h4-10,13H,11-12,24H2,1-3H3/b26-18?,28-27?,29-14+. The van der Waals surface area contributed by atoms with Crippen LogP contribution >= 0.6 is 0 Å². The van der Waals surface area contributed by atoms with Crippen molar-refractivity contribution in [2.45, 2.75) is 39.6 Å². The van der Waals surface area contributed by atoms with E-state index in [0.29, 0.717) is 22.7 Å². The van der Waals surface area contributed by atoms with E-state index in [4.69, 9.17) is 15.4 Å². The van der Waals surface area contributed by atoms with Gasteiger partial charge in [-0.1, -0.05) is 17.3 Å². The second-order valence-electron chi connectivity index (χ2n) is 6.67. The first-order chi connectivity index (χ1) is 14.7. The highest BCUT2D eigenvalue weighted by molar-refractivity contribution is 5.98. The molecule has 166 valence electrons. The second-order valence-corrected chi connectivity index (χ2v) is 6.67. The Bertz CT molecular complexity index is 923. The molecule has 2 aromatic rings. The molecule has 0 aliphatic rings. The van der Waals surface area contributed by atoms with Gasteiger partial charge < -0.3 is 15.4 Å². The zero-order valence-electron chi connectivity index (χ0n) is 17.3. The van der Waals surface area contributed by atoms with Gasteiger partial charge in [-0.15, -0.1) is 5.11 Å². The minimum absolute atomic E-state index is 0.0119. The summed E-state index contributed by atoms with van der Waals surface area (Å²) in [5.41, 5.74) is 1.09. The van der Waals surface area contributed by atoms with Crippen LogP contribution in [0.2, 0.25) is 0 Å². The number of hydrogen-bond acceptors (Lipinski definition) is 7. The first kappa shape index (κ1) is 23.8. The highest BCUT2D eigenvalue weighted by atomic mass is 19.4. The van der Waals surface area contributed by atoms with E-state index < -0.39 is 11.7 Å². The Morgan fingerprint density at radius 1 is 1.13 bits per heavy atom. The van der Waals surface area contributed by atoms with E-state index >= 15 is 0 Å². The van der Waals surface area contributed by atoms with Crippen molar-refractivity contribution >= 4 is 11.5 Å². The Morgan fingerprint density at radius 3 is 2.39 bits per heavy atom. The number of hydrogen-bond donors (Lipinski definition) is 1. The predicted molar refractivity (Wildman–Crippen MR) is 110 cm³/mol. The van der Waals surface area contributed by atoms with Gasteiger partial charge in [-0.2, -0.15) is 23.4 Å². The summed E-state index contributed by atoms with van der Waals surface area (Å²) in [5.74, 6) is 5.82. The van der Waals surface area contributed by atoms with E-state index in [0.717, 1.165) is 12.1 Å². The van der Waals surface area contributed by atoms with Crippen LogP contribution in [0.3, 0.4) is 0 Å². The number of amidine groups is 1. The fraction of sp³-hybridized carbons (Fsp3) is 0.350. The highest BCUT2D eigenvalue weighted by Gasteiger charge is 2.29. The summed E-state index contributed by atoms with van der Waals surface area (Å²) in [5, 5.41) is 15.3. The van der Waals surface area contributed by atoms with Gasteiger partial charge in [-0.3, -0.25) is 0 Å². The van der Waals surface area contributed by atoms with Crippen molar-refractivity contribution in [2.75, 3.05) is 6.61 Å². The number of rotatable bonds is 8. The van der Waals surface area contributed by atoms with Crippen LogP contribution in [0.4, 0.5) is 13.2 Å². The van der Waals surface area contributed by atoms with Crippen molar-refractivity contribution in [2.24, 2.45) is 26.3 Å². The van der Waals surface area contributed by atoms with Crippen molar-refractivity contribution in [3.05, 3.63) is 59.3 Å². The number of hydrazone groups is 1. The molecular formula is C20H23F3N6O2. The van der Waals surface area contributed by atoms with E-state index in [9.17, 15) is 13.2 Å². The van der Waals surface area contributed by atoms with Gasteiger partial charge in [-0.25, -0.2) is 4.98 Å². The normalized spacial score (nSPS) is 13.1. The van der Waals surface area contributed by atoms with Gasteiger partial charge in [0.25, 0.3) is 0 Å². The molecule has 1 heterocycles. The Labute approximate surface area is 177 Å². The molecule has 0 fully saturated rings. The molecule has 8 nitrogen and oxygen atoms in total. The molecule has 0 saturated carbocycles. The number of ether oxygens (including phenoxy) is 1. The fourth-order valence-corrected chi connectivity index (χ4v) is 2.14. The molecule has 0 spiro atoms. The molecule has 31 heavy (non-hydrogen) atoms. The quantitative estimate of drug-likeness (QED) is 0.215. The van der Waals surface area contributed by atoms with Crippen LogP contribution in [0.15, 0.2) is 63.1 Å². The number of pyridine rings is 1. The third-order valence-electron chi connectivity index (χ3n) is 3.77. The molecule has 2 N–H and O–H groups in total. The molecule has 0 bridgehead atoms. The van der Waals surface area contributed by atoms with Gasteiger partial charge in [0, 0.05) is 17.8 Å². The van der Waals surface area contributed by atoms with Crippen molar-refractivity contribution in [1.82, 2.24) is 4.98 Å². The Hall–Kier alpha value is -3.50. The van der Waals surface area contributed by atoms with Crippen LogP contribution in [-0.2, 0) is 17.6 Å². The van der Waals surface area contributed by atoms with Crippen molar-refractivity contribution in [3.8, 4) is 5.88 Å². The average Bonchev–Trinajstić information content (AvgIpc) is 2.73. The van der Waals surface area contributed by atoms with Crippen LogP contribution in [0.25, 0.3) is 0 Å². The summed E-state index contributed by atoms with van der Waals surface area (Å²) < 4.78 is 43.2. The van der Waals surface area contributed by atoms with Gasteiger partial charge in [0.05, 0.1) is 17.3 Å². The minimum atomic E-state index is -4.37. The molecule has 1 aromatic heterocycles. The molecule has 11 heteroatoms. The number of nitrogens with two attached hydrogens (primary N) is 1. The Kier molecular flexibility index (Phi) is 8.47. The number of azo groups is 1. The second kappa shape index (κ2) is 11.0. The lowest BCUT2D eigenvalue weighted by molar-refractivity contribution is -0.137. The van der Waals surface area contributed by atoms with Crippen molar-refractivity contribution in [1.29, 1.82) is 0 Å². The van der Waals surface area contributed by atoms with Gasteiger partial charge in [0.2, 0.25) is 11.7 Å². The summed E-state index contributed by atoms with van der Waals surface area (Å²) in [6.45, 7) is 5.51. The summed E-state index contributed by atoms with van der Waals surface area (Å²) >= 11 is 0. The Morgan fingerprint density at radius 2 is 1.84 bits per heavy atom. The van der Waals surface area contributed by atoms with Gasteiger partial charge >= 0.3 is 6.18 Å². The molecule has 0 unspecified atom stereocenters. The maximum Gasteiger partial charge on any atom is 0.416 e. The van der Waals surface area contributed by atoms with E-state index in [1.54, 1.807) is 25.3 Å². The van der Waals surface area contributed by atoms with Crippen molar-refractivity contribution < 1.29 is 22.7 Å². The Balaban J connectivity index is 1.88. The highest BCUT2D eigenvalue weighted by Crippen LogP contribution is 2.29. The zero-order valence-corrected chi connectivity index (χ0v) is 17.3. The molecule has 1 aromatic carbocycles. The monoisotopic (exact) mass is 436 g/mol. The summed E-state index contributed by atoms with van der Waals surface area (Å²) in [7, 11) is 0. The van der Waals surface area contributed by atoms with E-state index in [2.05, 4.69) is 25.5 Å². The number of alkyl halides is 3. The van der Waals surface area contributed by atoms with Crippen LogP contribution in [0.1, 0.15) is 37.5 Å². The first-order valence-electron chi connectivity index (χ1n) is 9.28. The first-order valence-corrected chi connectivity index (χ1v) is 9.28. The van der Waals surface area contributed by atoms with Crippen LogP contribution in [-0.4, -0.2) is 29.2 Å². The van der Waals surface area contributed by atoms with E-state index in [1.165, 1.54) is 12.1 Å². The molecule has 0 saturated heterocycles. The number of aromatic nitrogens is 1. The molecule has 2 rings (SSSR count). The van der Waals surface area contributed by atoms with E-state index in [-0.39, 0.29) is 25.1 Å². The molecule has 0 radical (unpaired) electrons. The SMILES string of the molecule is C/C(=N\OCc1ccc(C(F)(F)F)cc1)c1ccc(OCC(N=NC(C)C)=NN)nc1. The summed E-state index contributed by atoms with van der Waals surface area (Å²) in [6.07, 6.45) is -2.82. The van der Waals surface area contributed by atoms with Crippen LogP contribution in [0.5, 0.6) is 5.88 Å². The van der Waals surface area contributed by atoms with Gasteiger partial charge in [0.15, 0.2) is 6.61 Å². The average molecular weight is 436 g/mol. The fourth-order valence-electron chi connectivity index (χ4n) is 2.14. The zero-order chi connectivity index (χ0) is 22.9. The van der Waals surface area contributed by atoms with Gasteiger partial charge in [-0.05, 0) is 44.5 Å². The topological polar surface area (TPSA) is 107 Å². The molecular weight excluding hydrogens is 413 g/mol. The lowest BCUT2D eigenvalue weighted by Crippen LogP contribution is -2.12. The van der Waals surface area contributed by atoms with Crippen LogP contribution < -0.4 is 10.6 Å². The smallest absolute Gasteiger partial charge is 0.416 e. The van der Waals surface area contributed by atoms with Crippen LogP contribution in [0, 0.1) is 0 Å². The van der Waals surface area contributed by atoms with Crippen molar-refractivity contribution in [3.63, 3.8) is 0 Å². The number of nitrogens with zero attached hydrogens (tertiary/aromatic N) is 5. The lowest BCUT2D eigenvalue weighted by atomic mass is 10.1. The molecule has 0 atom stereocenters. The third-order valence-corrected chi connectivity index (χ3v) is 3.77. The lowest BCUT2D eigenvalue weighted by Gasteiger charge is -2.07. The predicted octanol–water partition coefficient (Wildman–Crippen LogP) is 4.55. The summed E-state index contributed by atoms with van der Waals surface area (Å²) in [6, 6.07) is 8.08. The third kappa shape index (κ3) is 8.03. The summed E-state index contributed by atoms with van der Waals surface area (Å²) in [4.78, 5) is 9.39. The van der Waals surface area contributed by atoms with Gasteiger partial charge in [0.1, 0.15) is 6.61 Å². The maximum atomic E-state index is 12.6. The largest absolute Gasteiger partial charge is 0.469 e. The maximum absolute atomic E-state index is 12.6.